The highest BCUT2D eigenvalue weighted by Gasteiger charge is 2.02. The van der Waals surface area contributed by atoms with Crippen molar-refractivity contribution in [2.24, 2.45) is 0 Å². The number of benzene rings is 1. The first-order valence-corrected chi connectivity index (χ1v) is 4.57. The monoisotopic (exact) mass is 219 g/mol. The Balaban J connectivity index is 2.73. The minimum absolute atomic E-state index is 0.0851. The van der Waals surface area contributed by atoms with Crippen LogP contribution in [0.15, 0.2) is 48.6 Å². The second-order valence-corrected chi connectivity index (χ2v) is 2.86. The second-order valence-electron chi connectivity index (χ2n) is 2.86. The molecule has 0 saturated heterocycles. The average molecular weight is 219 g/mol. The fourth-order valence-electron chi connectivity index (χ4n) is 1.04. The molecule has 0 unspecified atom stereocenters. The van der Waals surface area contributed by atoms with E-state index in [0.717, 1.165) is 0 Å². The van der Waals surface area contributed by atoms with Crippen LogP contribution in [-0.2, 0) is 4.79 Å². The first-order valence-electron chi connectivity index (χ1n) is 4.57. The highest BCUT2D eigenvalue weighted by Crippen LogP contribution is 2.13. The van der Waals surface area contributed by atoms with Crippen LogP contribution in [0.3, 0.4) is 0 Å². The van der Waals surface area contributed by atoms with Gasteiger partial charge < -0.3 is 0 Å². The summed E-state index contributed by atoms with van der Waals surface area (Å²) in [6.45, 7) is 0. The first kappa shape index (κ1) is 12.0. The third-order valence-electron chi connectivity index (χ3n) is 1.76. The maximum atomic E-state index is 13.1. The van der Waals surface area contributed by atoms with Crippen molar-refractivity contribution in [1.29, 1.82) is 0 Å². The topological polar surface area (TPSA) is 17.1 Å². The van der Waals surface area contributed by atoms with Crippen LogP contribution in [-0.4, -0.2) is 6.29 Å². The van der Waals surface area contributed by atoms with Gasteiger partial charge >= 0.3 is 0 Å². The normalized spacial score (nSPS) is 11.9. The summed E-state index contributed by atoms with van der Waals surface area (Å²) in [5.41, 5.74) is -0.0851. The molecule has 0 fully saturated rings. The van der Waals surface area contributed by atoms with Crippen LogP contribution in [0.4, 0.5) is 8.78 Å². The Hall–Kier alpha value is -2.03. The lowest BCUT2D eigenvalue weighted by atomic mass is 10.2. The maximum absolute atomic E-state index is 13.1. The quantitative estimate of drug-likeness (QED) is 0.561. The van der Waals surface area contributed by atoms with Gasteiger partial charge in [0.25, 0.3) is 0 Å². The van der Waals surface area contributed by atoms with Crippen molar-refractivity contribution in [3.05, 3.63) is 65.8 Å². The molecule has 1 aromatic rings. The van der Waals surface area contributed by atoms with Gasteiger partial charge in [-0.1, -0.05) is 30.4 Å². The Morgan fingerprint density at radius 3 is 2.25 bits per heavy atom. The number of halogens is 2. The summed E-state index contributed by atoms with van der Waals surface area (Å²) in [5, 5.41) is 0. The van der Waals surface area contributed by atoms with Crippen molar-refractivity contribution < 1.29 is 13.6 Å². The zero-order valence-electron chi connectivity index (χ0n) is 8.36. The minimum Gasteiger partial charge on any atom is -0.286 e. The summed E-state index contributed by atoms with van der Waals surface area (Å²) in [5.74, 6) is -1.22. The molecule has 81 valence electrons. The minimum atomic E-state index is -0.610. The fraction of sp³-hybridized carbons (Fsp3) is 0. The Labute approximate surface area is 92.4 Å². The Kier molecular flexibility index (Phi) is 4.86. The van der Waals surface area contributed by atoms with Crippen molar-refractivity contribution in [2.45, 2.75) is 0 Å². The molecule has 1 aromatic carbocycles. The Morgan fingerprint density at radius 1 is 1.00 bits per heavy atom. The van der Waals surface area contributed by atoms with Gasteiger partial charge in [0.2, 0.25) is 6.29 Å². The summed E-state index contributed by atoms with van der Waals surface area (Å²) < 4.78 is 26.2. The third-order valence-corrected chi connectivity index (χ3v) is 1.76. The van der Waals surface area contributed by atoms with Crippen molar-refractivity contribution in [3.63, 3.8) is 0 Å². The van der Waals surface area contributed by atoms with Gasteiger partial charge in [0, 0.05) is 5.56 Å². The predicted molar refractivity (Wildman–Crippen MR) is 59.4 cm³/mol. The van der Waals surface area contributed by atoms with Gasteiger partial charge in [-0.3, -0.25) is 4.79 Å². The summed E-state index contributed by atoms with van der Waals surface area (Å²) in [6.07, 6.45) is 10.1. The lowest BCUT2D eigenvalue weighted by molar-refractivity contribution is 0.564. The predicted octanol–water partition coefficient (Wildman–Crippen LogP) is 3.20. The van der Waals surface area contributed by atoms with Crippen LogP contribution >= 0.6 is 0 Å². The molecule has 0 aliphatic heterocycles. The molecule has 0 N–H and O–H groups in total. The number of hydrogen-bond acceptors (Lipinski definition) is 1. The summed E-state index contributed by atoms with van der Waals surface area (Å²) in [7, 11) is 0. The van der Waals surface area contributed by atoms with Crippen molar-refractivity contribution >= 4 is 12.4 Å². The molecule has 1 rings (SSSR count). The Morgan fingerprint density at radius 2 is 1.62 bits per heavy atom. The van der Waals surface area contributed by atoms with E-state index >= 15 is 0 Å². The summed E-state index contributed by atoms with van der Waals surface area (Å²) in [6, 6.07) is 3.68. The van der Waals surface area contributed by atoms with Crippen molar-refractivity contribution in [2.75, 3.05) is 0 Å². The molecule has 1 nitrogen and oxygen atoms in total. The summed E-state index contributed by atoms with van der Waals surface area (Å²) >= 11 is 0. The number of rotatable bonds is 4. The van der Waals surface area contributed by atoms with Gasteiger partial charge in [0.1, 0.15) is 11.6 Å². The molecule has 0 saturated carbocycles. The molecule has 0 aliphatic rings. The average Bonchev–Trinajstić information content (AvgIpc) is 2.26. The molecule has 3 heteroatoms. The molecule has 0 spiro atoms. The SMILES string of the molecule is O=[C]C=CC=CC=Cc1c(F)cccc1F. The number of hydrogen-bond donors (Lipinski definition) is 0. The van der Waals surface area contributed by atoms with E-state index in [-0.39, 0.29) is 5.56 Å². The molecule has 1 radical (unpaired) electrons. The molecule has 16 heavy (non-hydrogen) atoms. The lowest BCUT2D eigenvalue weighted by Crippen LogP contribution is -1.86. The Bertz CT molecular complexity index is 425. The molecule has 0 aliphatic carbocycles. The van der Waals surface area contributed by atoms with Gasteiger partial charge in [-0.05, 0) is 24.3 Å². The zero-order chi connectivity index (χ0) is 11.8. The first-order chi connectivity index (χ1) is 7.75. The lowest BCUT2D eigenvalue weighted by Gasteiger charge is -1.96. The van der Waals surface area contributed by atoms with E-state index in [1.54, 1.807) is 18.4 Å². The maximum Gasteiger partial charge on any atom is 0.225 e. The number of carbonyl (C=O) groups excluding carboxylic acids is 1. The summed E-state index contributed by atoms with van der Waals surface area (Å²) in [4.78, 5) is 9.79. The number of allylic oxidation sites excluding steroid dienone is 5. The van der Waals surface area contributed by atoms with Crippen LogP contribution in [0.5, 0.6) is 0 Å². The molecule has 0 amide bonds. The molecule has 0 aromatic heterocycles. The largest absolute Gasteiger partial charge is 0.286 e. The van der Waals surface area contributed by atoms with E-state index in [2.05, 4.69) is 0 Å². The second kappa shape index (κ2) is 6.45. The van der Waals surface area contributed by atoms with E-state index in [0.29, 0.717) is 0 Å². The van der Waals surface area contributed by atoms with Crippen LogP contribution in [0.25, 0.3) is 6.08 Å². The molecule has 0 heterocycles. The highest BCUT2D eigenvalue weighted by atomic mass is 19.1. The van der Waals surface area contributed by atoms with Crippen LogP contribution in [0.1, 0.15) is 5.56 Å². The van der Waals surface area contributed by atoms with Gasteiger partial charge in [0.05, 0.1) is 0 Å². The fourth-order valence-corrected chi connectivity index (χ4v) is 1.04. The van der Waals surface area contributed by atoms with Gasteiger partial charge in [0.15, 0.2) is 0 Å². The molecule has 0 bridgehead atoms. The molecular formula is C13H9F2O. The third kappa shape index (κ3) is 3.61. The standard InChI is InChI=1S/C13H9F2O/c14-12-8-6-9-13(15)11(12)7-4-2-1-3-5-10-16/h1-9H. The van der Waals surface area contributed by atoms with E-state index in [9.17, 15) is 13.6 Å². The smallest absolute Gasteiger partial charge is 0.225 e. The molecule has 0 atom stereocenters. The van der Waals surface area contributed by atoms with Crippen molar-refractivity contribution in [3.8, 4) is 0 Å². The van der Waals surface area contributed by atoms with E-state index in [4.69, 9.17) is 0 Å². The van der Waals surface area contributed by atoms with E-state index in [1.165, 1.54) is 42.5 Å². The molecular weight excluding hydrogens is 210 g/mol. The highest BCUT2D eigenvalue weighted by molar-refractivity contribution is 5.66. The van der Waals surface area contributed by atoms with Crippen LogP contribution in [0, 0.1) is 11.6 Å². The van der Waals surface area contributed by atoms with Crippen LogP contribution in [0.2, 0.25) is 0 Å². The van der Waals surface area contributed by atoms with Gasteiger partial charge in [-0.15, -0.1) is 0 Å². The van der Waals surface area contributed by atoms with Crippen molar-refractivity contribution in [1.82, 2.24) is 0 Å². The zero-order valence-corrected chi connectivity index (χ0v) is 8.36. The van der Waals surface area contributed by atoms with E-state index in [1.807, 2.05) is 0 Å². The van der Waals surface area contributed by atoms with E-state index < -0.39 is 11.6 Å². The van der Waals surface area contributed by atoms with Gasteiger partial charge in [-0.2, -0.15) is 0 Å². The van der Waals surface area contributed by atoms with Gasteiger partial charge in [-0.25, -0.2) is 8.78 Å². The van der Waals surface area contributed by atoms with Crippen LogP contribution < -0.4 is 0 Å².